The third kappa shape index (κ3) is 32.1. The second-order valence-electron chi connectivity index (χ2n) is 34.4. The molecule has 3 saturated carbocycles. The first-order chi connectivity index (χ1) is 63.4. The number of benzene rings is 3. The lowest BCUT2D eigenvalue weighted by Gasteiger charge is -2.28. The van der Waals surface area contributed by atoms with Gasteiger partial charge in [0.15, 0.2) is 17.1 Å². The molecule has 0 bridgehead atoms. The number of hydrogen-bond acceptors (Lipinski definition) is 21. The molecule has 3 saturated heterocycles. The number of carbonyl (C=O) groups excluding carboxylic acids is 3. The number of aliphatic carboxylic acids is 6. The van der Waals surface area contributed by atoms with Gasteiger partial charge < -0.3 is 89.7 Å². The third-order valence-electron chi connectivity index (χ3n) is 25.3. The Kier molecular flexibility index (Phi) is 42.4. The lowest BCUT2D eigenvalue weighted by atomic mass is 9.97. The molecular formula is C92H127F9N12O21. The van der Waals surface area contributed by atoms with Crippen molar-refractivity contribution in [1.29, 1.82) is 0 Å². The summed E-state index contributed by atoms with van der Waals surface area (Å²) in [6.07, 6.45) is 4.18. The van der Waals surface area contributed by atoms with Crippen LogP contribution in [0.25, 0.3) is 33.8 Å². The SMILES string of the molecule is COc1cccc(OC)c1-c1cc(C(=O)N[C@@H](CCN2CCCCC2)CC(=O)O)nn1C1CCC(C)C1C.COc1cccc(OC)c1-c1cc(C(=O)N[C@@H](CCN2CCCCC2)CC(=O)O)nn1C1CCC(C)C1C.COc1cccc(OC)c1-c1cc(C(=O)N[C@@H](CCN2CCCCC2)CC(=O)O)nn1C1CCCC1C.O=C(O)C(F)(F)F.O=C(O)C(F)(F)F.O=C(O)C(F)(F)F. The molecule has 3 aliphatic heterocycles. The first kappa shape index (κ1) is 110. The number of nitrogens with zero attached hydrogens (tertiary/aromatic N) is 9. The summed E-state index contributed by atoms with van der Waals surface area (Å²) in [6.45, 7) is 19.7. The van der Waals surface area contributed by atoms with Crippen molar-refractivity contribution in [3.63, 3.8) is 0 Å². The van der Waals surface area contributed by atoms with Crippen LogP contribution in [-0.2, 0) is 28.8 Å². The molecule has 3 aromatic heterocycles. The molecule has 6 aromatic rings. The number of carboxylic acid groups (broad SMARTS) is 6. The zero-order chi connectivity index (χ0) is 99.1. The zero-order valence-corrected chi connectivity index (χ0v) is 77.4. The molecule has 0 radical (unpaired) electrons. The van der Waals surface area contributed by atoms with Crippen LogP contribution in [0, 0.1) is 29.6 Å². The Hall–Kier alpha value is -11.4. The summed E-state index contributed by atoms with van der Waals surface area (Å²) >= 11 is 0. The van der Waals surface area contributed by atoms with E-state index in [0.717, 1.165) is 138 Å². The van der Waals surface area contributed by atoms with Crippen molar-refractivity contribution in [3.8, 4) is 68.3 Å². The smallest absolute Gasteiger partial charge is 0.490 e. The van der Waals surface area contributed by atoms with Crippen molar-refractivity contribution in [2.75, 3.05) is 102 Å². The molecule has 134 heavy (non-hydrogen) atoms. The van der Waals surface area contributed by atoms with Gasteiger partial charge in [0.25, 0.3) is 17.7 Å². The molecule has 12 rings (SSSR count). The van der Waals surface area contributed by atoms with E-state index in [4.69, 9.17) is 73.4 Å². The molecule has 9 N–H and O–H groups in total. The second kappa shape index (κ2) is 51.9. The summed E-state index contributed by atoms with van der Waals surface area (Å²) in [5.74, 6) is -6.00. The number of halogens is 9. The lowest BCUT2D eigenvalue weighted by molar-refractivity contribution is -0.193. The van der Waals surface area contributed by atoms with E-state index in [-0.39, 0.29) is 72.2 Å². The van der Waals surface area contributed by atoms with Gasteiger partial charge in [0, 0.05) is 37.8 Å². The number of rotatable bonds is 33. The van der Waals surface area contributed by atoms with Crippen LogP contribution in [0.2, 0.25) is 0 Å². The molecule has 0 spiro atoms. The van der Waals surface area contributed by atoms with Crippen LogP contribution in [0.3, 0.4) is 0 Å². The minimum Gasteiger partial charge on any atom is -0.496 e. The van der Waals surface area contributed by atoms with E-state index in [1.54, 1.807) is 60.9 Å². The van der Waals surface area contributed by atoms with Crippen molar-refractivity contribution < 1.29 is 142 Å². The summed E-state index contributed by atoms with van der Waals surface area (Å²) in [6, 6.07) is 21.2. The fraction of sp³-hybridized carbons (Fsp3) is 0.609. The molecule has 3 aromatic carbocycles. The van der Waals surface area contributed by atoms with Crippen molar-refractivity contribution in [2.24, 2.45) is 29.6 Å². The standard InChI is InChI=1S/2C29H42N4O5.C28H40N4O5.3C2HF3O2/c2*1-19-11-12-23(20(19)2)33-24(28-25(37-3)9-8-10-26(28)38-4)18-22(31-33)29(36)30-21(17-27(34)35)13-16-32-14-6-5-7-15-32;1-19-9-7-10-22(19)32-23(27-24(36-2)11-8-12-25(27)37-3)18-21(30-32)28(35)29-20(17-26(33)34)13-16-31-14-5-4-6-15-31;3*3-2(4,5)1(6)7/h2*8-10,18-21,23H,5-7,11-17H2,1-4H3,(H,30,36)(H,34,35);8,11-12,18-20,22H,4-7,9-10,13-17H2,1-3H3,(H,29,35)(H,33,34);3*(H,6,7)/t2*19?,20?,21-,23?;19?,20-,22?;;;/m000.../s1. The number of ether oxygens (including phenoxy) is 6. The number of piperidine rings is 3. The van der Waals surface area contributed by atoms with E-state index in [1.807, 2.05) is 68.6 Å². The van der Waals surface area contributed by atoms with Gasteiger partial charge in [-0.15, -0.1) is 0 Å². The molecular weight excluding hydrogens is 1780 g/mol. The van der Waals surface area contributed by atoms with E-state index < -0.39 is 72.5 Å². The van der Waals surface area contributed by atoms with Gasteiger partial charge in [-0.25, -0.2) is 14.4 Å². The average Bonchev–Trinajstić information content (AvgIpc) is 1.62. The van der Waals surface area contributed by atoms with Gasteiger partial charge in [0.1, 0.15) is 34.5 Å². The maximum Gasteiger partial charge on any atom is 0.490 e. The van der Waals surface area contributed by atoms with Crippen LogP contribution >= 0.6 is 0 Å². The molecule has 42 heteroatoms. The number of carbonyl (C=O) groups is 9. The number of carboxylic acids is 6. The average molecular weight is 1910 g/mol. The largest absolute Gasteiger partial charge is 0.496 e. The number of likely N-dealkylation sites (tertiary alicyclic amines) is 3. The van der Waals surface area contributed by atoms with Crippen LogP contribution in [0.5, 0.6) is 34.5 Å². The molecule has 6 aliphatic rings. The molecule has 6 heterocycles. The topological polar surface area (TPSA) is 430 Å². The highest BCUT2D eigenvalue weighted by atomic mass is 19.4. The maximum absolute atomic E-state index is 13.5. The van der Waals surface area contributed by atoms with Crippen molar-refractivity contribution in [2.45, 2.75) is 231 Å². The highest BCUT2D eigenvalue weighted by Gasteiger charge is 2.42. The molecule has 33 nitrogen and oxygen atoms in total. The fourth-order valence-electron chi connectivity index (χ4n) is 17.7. The number of amides is 3. The second-order valence-corrected chi connectivity index (χ2v) is 34.4. The highest BCUT2D eigenvalue weighted by Crippen LogP contribution is 2.49. The van der Waals surface area contributed by atoms with Gasteiger partial charge in [0.2, 0.25) is 0 Å². The number of aromatic nitrogens is 6. The first-order valence-electron chi connectivity index (χ1n) is 45.0. The van der Waals surface area contributed by atoms with E-state index in [9.17, 15) is 83.6 Å². The Balaban J connectivity index is 0.000000246. The van der Waals surface area contributed by atoms with Crippen LogP contribution in [0.1, 0.15) is 225 Å². The van der Waals surface area contributed by atoms with Gasteiger partial charge in [-0.2, -0.15) is 54.8 Å². The quantitative estimate of drug-likeness (QED) is 0.0173. The van der Waals surface area contributed by atoms with Gasteiger partial charge in [-0.3, -0.25) is 42.8 Å². The minimum absolute atomic E-state index is 0.118. The van der Waals surface area contributed by atoms with E-state index in [0.29, 0.717) is 83.3 Å². The predicted molar refractivity (Wildman–Crippen MR) is 474 cm³/mol. The Bertz CT molecular complexity index is 4540. The zero-order valence-electron chi connectivity index (χ0n) is 77.4. The number of nitrogens with one attached hydrogen (secondary N) is 3. The molecule has 3 amide bonds. The summed E-state index contributed by atoms with van der Waals surface area (Å²) in [5.41, 5.74) is 5.37. The van der Waals surface area contributed by atoms with Gasteiger partial charge in [0.05, 0.1) is 114 Å². The maximum atomic E-state index is 13.5. The van der Waals surface area contributed by atoms with Gasteiger partial charge >= 0.3 is 54.3 Å². The van der Waals surface area contributed by atoms with Crippen molar-refractivity contribution in [1.82, 2.24) is 60.0 Å². The van der Waals surface area contributed by atoms with E-state index in [2.05, 4.69) is 65.3 Å². The molecule has 6 fully saturated rings. The van der Waals surface area contributed by atoms with Crippen molar-refractivity contribution in [3.05, 3.63) is 89.9 Å². The Morgan fingerprint density at radius 3 is 0.784 bits per heavy atom. The molecule has 11 atom stereocenters. The monoisotopic (exact) mass is 1910 g/mol. The summed E-state index contributed by atoms with van der Waals surface area (Å²) in [5, 5.41) is 73.2. The van der Waals surface area contributed by atoms with Crippen LogP contribution in [-0.4, -0.2) is 266 Å². The highest BCUT2D eigenvalue weighted by molar-refractivity contribution is 5.96. The lowest BCUT2D eigenvalue weighted by Crippen LogP contribution is -2.40. The number of alkyl halides is 9. The Labute approximate surface area is 772 Å². The molecule has 3 aliphatic carbocycles. The van der Waals surface area contributed by atoms with E-state index >= 15 is 0 Å². The minimum atomic E-state index is -5.08. The summed E-state index contributed by atoms with van der Waals surface area (Å²) in [7, 11) is 9.70. The summed E-state index contributed by atoms with van der Waals surface area (Å²) in [4.78, 5) is 109. The fourth-order valence-corrected chi connectivity index (χ4v) is 17.7. The van der Waals surface area contributed by atoms with Gasteiger partial charge in [-0.1, -0.05) is 78.5 Å². The Morgan fingerprint density at radius 2 is 0.590 bits per heavy atom. The summed E-state index contributed by atoms with van der Waals surface area (Å²) < 4.78 is 135. The molecule has 744 valence electrons. The third-order valence-corrected chi connectivity index (χ3v) is 25.3. The van der Waals surface area contributed by atoms with Crippen LogP contribution < -0.4 is 44.4 Å². The van der Waals surface area contributed by atoms with E-state index in [1.165, 1.54) is 57.8 Å². The molecule has 8 unspecified atom stereocenters. The van der Waals surface area contributed by atoms with Gasteiger partial charge in [-0.05, 0) is 220 Å². The first-order valence-corrected chi connectivity index (χ1v) is 45.0. The predicted octanol–water partition coefficient (Wildman–Crippen LogP) is 15.5. The number of methoxy groups -OCH3 is 6. The van der Waals surface area contributed by atoms with Crippen molar-refractivity contribution >= 4 is 53.5 Å². The number of hydrogen-bond donors (Lipinski definition) is 9. The normalized spacial score (nSPS) is 20.4. The van der Waals surface area contributed by atoms with Crippen LogP contribution in [0.15, 0.2) is 72.8 Å². The van der Waals surface area contributed by atoms with Crippen LogP contribution in [0.4, 0.5) is 39.5 Å². The Morgan fingerprint density at radius 1 is 0.351 bits per heavy atom.